The highest BCUT2D eigenvalue weighted by Crippen LogP contribution is 2.23. The molecule has 0 nitrogen and oxygen atoms in total. The maximum Gasteiger partial charge on any atom is 0.00508 e. The van der Waals surface area contributed by atoms with Gasteiger partial charge in [0.2, 0.25) is 0 Å². The van der Waals surface area contributed by atoms with Crippen molar-refractivity contribution in [1.82, 2.24) is 0 Å². The fourth-order valence-electron chi connectivity index (χ4n) is 0.558. The van der Waals surface area contributed by atoms with E-state index in [1.54, 1.807) is 0 Å². The van der Waals surface area contributed by atoms with Gasteiger partial charge in [0.05, 0.1) is 0 Å². The lowest BCUT2D eigenvalue weighted by molar-refractivity contribution is 0.951. The van der Waals surface area contributed by atoms with Crippen molar-refractivity contribution in [3.63, 3.8) is 0 Å². The van der Waals surface area contributed by atoms with Crippen LogP contribution in [0, 0.1) is 5.92 Å². The molecule has 1 heteroatoms. The van der Waals surface area contributed by atoms with E-state index < -0.39 is 0 Å². The predicted octanol–water partition coefficient (Wildman–Crippen LogP) is 2.51. The highest BCUT2D eigenvalue weighted by Gasteiger charge is 2.02. The zero-order valence-electron chi connectivity index (χ0n) is 4.19. The first-order valence-corrected chi connectivity index (χ1v) is 3.42. The number of hydrogen-bond donors (Lipinski definition) is 0. The lowest BCUT2D eigenvalue weighted by Gasteiger charge is -1.94. The first kappa shape index (κ1) is 5.35. The smallest absolute Gasteiger partial charge is 0.00508 e. The summed E-state index contributed by atoms with van der Waals surface area (Å²) < 4.78 is 1.44. The van der Waals surface area contributed by atoms with Gasteiger partial charge in [-0.25, -0.2) is 0 Å². The number of halogens is 1. The molecule has 1 unspecified atom stereocenters. The van der Waals surface area contributed by atoms with Crippen LogP contribution >= 0.6 is 22.6 Å². The van der Waals surface area contributed by atoms with Gasteiger partial charge in [-0.15, -0.1) is 0 Å². The van der Waals surface area contributed by atoms with Crippen LogP contribution < -0.4 is 0 Å². The normalized spacial score (nSPS) is 28.3. The number of allylic oxidation sites excluding steroid dienone is 4. The minimum absolute atomic E-state index is 0.681. The second-order valence-corrected chi connectivity index (χ2v) is 2.97. The molecule has 0 N–H and O–H groups in total. The van der Waals surface area contributed by atoms with Crippen molar-refractivity contribution < 1.29 is 0 Å². The van der Waals surface area contributed by atoms with Crippen LogP contribution in [0.1, 0.15) is 6.92 Å². The van der Waals surface area contributed by atoms with Crippen LogP contribution in [0.4, 0.5) is 0 Å². The molecule has 0 fully saturated rings. The quantitative estimate of drug-likeness (QED) is 0.534. The van der Waals surface area contributed by atoms with Crippen molar-refractivity contribution in [2.75, 3.05) is 0 Å². The Morgan fingerprint density at radius 1 is 1.71 bits per heavy atom. The summed E-state index contributed by atoms with van der Waals surface area (Å²) in [5.74, 6) is 0.681. The summed E-state index contributed by atoms with van der Waals surface area (Å²) in [5, 5.41) is 0. The van der Waals surface area contributed by atoms with Crippen molar-refractivity contribution >= 4 is 22.6 Å². The number of rotatable bonds is 0. The first-order valence-electron chi connectivity index (χ1n) is 2.34. The van der Waals surface area contributed by atoms with Gasteiger partial charge in [0.1, 0.15) is 0 Å². The molecular formula is C6H7I. The zero-order chi connectivity index (χ0) is 5.28. The lowest BCUT2D eigenvalue weighted by atomic mass is 10.2. The van der Waals surface area contributed by atoms with Crippen LogP contribution in [0.15, 0.2) is 21.8 Å². The Balaban J connectivity index is 2.69. The van der Waals surface area contributed by atoms with E-state index in [2.05, 4.69) is 47.7 Å². The van der Waals surface area contributed by atoms with Crippen LogP contribution in [0.2, 0.25) is 0 Å². The summed E-state index contributed by atoms with van der Waals surface area (Å²) in [4.78, 5) is 0. The fraction of sp³-hybridized carbons (Fsp3) is 0.333. The fourth-order valence-corrected chi connectivity index (χ4v) is 0.973. The maximum absolute atomic E-state index is 2.36. The molecule has 1 atom stereocenters. The van der Waals surface area contributed by atoms with Crippen molar-refractivity contribution in [2.24, 2.45) is 5.92 Å². The van der Waals surface area contributed by atoms with E-state index in [0.717, 1.165) is 0 Å². The average molecular weight is 206 g/mol. The Labute approximate surface area is 57.4 Å². The van der Waals surface area contributed by atoms with Crippen LogP contribution in [0.25, 0.3) is 0 Å². The third-order valence-electron chi connectivity index (χ3n) is 1.09. The van der Waals surface area contributed by atoms with E-state index in [0.29, 0.717) is 5.92 Å². The van der Waals surface area contributed by atoms with Crippen LogP contribution in [-0.2, 0) is 0 Å². The van der Waals surface area contributed by atoms with Gasteiger partial charge in [-0.05, 0) is 26.2 Å². The Morgan fingerprint density at radius 3 is 2.57 bits per heavy atom. The molecular weight excluding hydrogens is 199 g/mol. The van der Waals surface area contributed by atoms with Gasteiger partial charge < -0.3 is 0 Å². The molecule has 1 aliphatic carbocycles. The molecule has 7 heavy (non-hydrogen) atoms. The van der Waals surface area contributed by atoms with Crippen molar-refractivity contribution in [3.8, 4) is 0 Å². The molecule has 38 valence electrons. The molecule has 0 aliphatic heterocycles. The van der Waals surface area contributed by atoms with E-state index >= 15 is 0 Å². The molecule has 0 heterocycles. The van der Waals surface area contributed by atoms with Gasteiger partial charge in [0.25, 0.3) is 0 Å². The largest absolute Gasteiger partial charge is 0.0768 e. The van der Waals surface area contributed by atoms with Crippen LogP contribution in [0.3, 0.4) is 0 Å². The monoisotopic (exact) mass is 206 g/mol. The SMILES string of the molecule is CC1C=CC=C1I. The van der Waals surface area contributed by atoms with Gasteiger partial charge in [0, 0.05) is 5.92 Å². The third-order valence-corrected chi connectivity index (χ3v) is 2.43. The molecule has 0 radical (unpaired) electrons. The summed E-state index contributed by atoms with van der Waals surface area (Å²) in [7, 11) is 0. The minimum atomic E-state index is 0.681. The molecule has 1 aliphatic rings. The highest BCUT2D eigenvalue weighted by molar-refractivity contribution is 14.1. The van der Waals surface area contributed by atoms with Gasteiger partial charge in [-0.1, -0.05) is 25.2 Å². The van der Waals surface area contributed by atoms with Gasteiger partial charge in [0.15, 0.2) is 0 Å². The van der Waals surface area contributed by atoms with E-state index in [4.69, 9.17) is 0 Å². The second kappa shape index (κ2) is 1.99. The molecule has 0 aromatic carbocycles. The zero-order valence-corrected chi connectivity index (χ0v) is 6.34. The first-order chi connectivity index (χ1) is 3.30. The number of hydrogen-bond acceptors (Lipinski definition) is 0. The molecule has 0 spiro atoms. The topological polar surface area (TPSA) is 0 Å². The summed E-state index contributed by atoms with van der Waals surface area (Å²) in [6.45, 7) is 2.20. The molecule has 0 saturated heterocycles. The second-order valence-electron chi connectivity index (χ2n) is 1.73. The summed E-state index contributed by atoms with van der Waals surface area (Å²) in [6.07, 6.45) is 6.44. The van der Waals surface area contributed by atoms with Crippen molar-refractivity contribution in [1.29, 1.82) is 0 Å². The van der Waals surface area contributed by atoms with Crippen molar-refractivity contribution in [2.45, 2.75) is 6.92 Å². The molecule has 0 aromatic rings. The standard InChI is InChI=1S/C6H7I/c1-5-3-2-4-6(5)7/h2-5H,1H3. The molecule has 0 saturated carbocycles. The van der Waals surface area contributed by atoms with E-state index in [1.807, 2.05) is 0 Å². The van der Waals surface area contributed by atoms with Crippen molar-refractivity contribution in [3.05, 3.63) is 21.8 Å². The molecule has 1 rings (SSSR count). The van der Waals surface area contributed by atoms with Gasteiger partial charge >= 0.3 is 0 Å². The van der Waals surface area contributed by atoms with Gasteiger partial charge in [-0.2, -0.15) is 0 Å². The summed E-state index contributed by atoms with van der Waals surface area (Å²) >= 11 is 2.36. The minimum Gasteiger partial charge on any atom is -0.0768 e. The van der Waals surface area contributed by atoms with Crippen LogP contribution in [-0.4, -0.2) is 0 Å². The predicted molar refractivity (Wildman–Crippen MR) is 40.4 cm³/mol. The van der Waals surface area contributed by atoms with E-state index in [-0.39, 0.29) is 0 Å². The Hall–Kier alpha value is 0.210. The summed E-state index contributed by atoms with van der Waals surface area (Å²) in [5.41, 5.74) is 0. The van der Waals surface area contributed by atoms with Crippen LogP contribution in [0.5, 0.6) is 0 Å². The third kappa shape index (κ3) is 1.06. The highest BCUT2D eigenvalue weighted by atomic mass is 127. The Morgan fingerprint density at radius 2 is 2.43 bits per heavy atom. The molecule has 0 aromatic heterocycles. The van der Waals surface area contributed by atoms with Gasteiger partial charge in [-0.3, -0.25) is 0 Å². The molecule has 0 bridgehead atoms. The average Bonchev–Trinajstić information content (AvgIpc) is 1.91. The summed E-state index contributed by atoms with van der Waals surface area (Å²) in [6, 6.07) is 0. The Kier molecular flexibility index (Phi) is 1.52. The molecule has 0 amide bonds. The van der Waals surface area contributed by atoms with E-state index in [1.165, 1.54) is 3.58 Å². The Bertz CT molecular complexity index is 122. The van der Waals surface area contributed by atoms with E-state index in [9.17, 15) is 0 Å². The maximum atomic E-state index is 2.36. The lowest BCUT2D eigenvalue weighted by Crippen LogP contribution is -1.79.